The second-order valence-corrected chi connectivity index (χ2v) is 4.77. The zero-order valence-corrected chi connectivity index (χ0v) is 11.6. The van der Waals surface area contributed by atoms with Crippen molar-refractivity contribution in [2.24, 2.45) is 5.73 Å². The molecule has 0 aromatic rings. The average molecular weight is 266 g/mol. The molecule has 1 heterocycles. The molecule has 0 radical (unpaired) electrons. The molecule has 102 valence electrons. The first-order valence-corrected chi connectivity index (χ1v) is 5.88. The van der Waals surface area contributed by atoms with Crippen LogP contribution in [0.3, 0.4) is 0 Å². The number of nitrogens with two attached hydrogens (primary N) is 1. The molecule has 5 nitrogen and oxygen atoms in total. The fourth-order valence-corrected chi connectivity index (χ4v) is 2.09. The van der Waals surface area contributed by atoms with E-state index in [0.29, 0.717) is 19.6 Å². The number of nitrogens with zero attached hydrogens (tertiary/aromatic N) is 2. The highest BCUT2D eigenvalue weighted by molar-refractivity contribution is 5.85. The van der Waals surface area contributed by atoms with E-state index < -0.39 is 6.04 Å². The fraction of sp³-hybridized carbons (Fsp3) is 0.909. The topological polar surface area (TPSA) is 69.8 Å². The maximum atomic E-state index is 11.7. The maximum absolute atomic E-state index is 11.7. The predicted octanol–water partition coefficient (Wildman–Crippen LogP) is -0.331. The molecule has 1 fully saturated rings. The molecule has 3 atom stereocenters. The maximum Gasteiger partial charge on any atom is 0.239 e. The van der Waals surface area contributed by atoms with Crippen LogP contribution in [0, 0.1) is 0 Å². The SMILES string of the molecule is CC(O)CN1CCN(C(=O)C(C)N)CC1C.Cl. The normalized spacial score (nSPS) is 25.0. The number of hydrogen-bond donors (Lipinski definition) is 2. The van der Waals surface area contributed by atoms with Crippen LogP contribution in [0.2, 0.25) is 0 Å². The van der Waals surface area contributed by atoms with Gasteiger partial charge in [0.2, 0.25) is 5.91 Å². The van der Waals surface area contributed by atoms with Crippen LogP contribution < -0.4 is 5.73 Å². The molecule has 0 spiro atoms. The number of aliphatic hydroxyl groups excluding tert-OH is 1. The molecule has 3 N–H and O–H groups in total. The van der Waals surface area contributed by atoms with Crippen molar-refractivity contribution in [3.05, 3.63) is 0 Å². The average Bonchev–Trinajstić information content (AvgIpc) is 2.19. The van der Waals surface area contributed by atoms with E-state index in [-0.39, 0.29) is 30.5 Å². The largest absolute Gasteiger partial charge is 0.392 e. The summed E-state index contributed by atoms with van der Waals surface area (Å²) in [6, 6.07) is -0.137. The monoisotopic (exact) mass is 265 g/mol. The Balaban J connectivity index is 0.00000256. The van der Waals surface area contributed by atoms with Gasteiger partial charge in [0.15, 0.2) is 0 Å². The molecular formula is C11H24ClN3O2. The molecule has 3 unspecified atom stereocenters. The van der Waals surface area contributed by atoms with Crippen LogP contribution in [-0.4, -0.2) is 65.2 Å². The first kappa shape index (κ1) is 16.6. The van der Waals surface area contributed by atoms with Crippen molar-refractivity contribution in [2.75, 3.05) is 26.2 Å². The Hall–Kier alpha value is -0.360. The van der Waals surface area contributed by atoms with Crippen molar-refractivity contribution in [1.29, 1.82) is 0 Å². The molecule has 1 rings (SSSR count). The molecule has 17 heavy (non-hydrogen) atoms. The number of rotatable bonds is 3. The molecule has 1 aliphatic heterocycles. The minimum absolute atomic E-state index is 0. The van der Waals surface area contributed by atoms with Crippen LogP contribution in [-0.2, 0) is 4.79 Å². The zero-order chi connectivity index (χ0) is 12.3. The minimum Gasteiger partial charge on any atom is -0.392 e. The third kappa shape index (κ3) is 4.79. The van der Waals surface area contributed by atoms with Gasteiger partial charge >= 0.3 is 0 Å². The highest BCUT2D eigenvalue weighted by Gasteiger charge is 2.28. The molecule has 1 amide bonds. The zero-order valence-electron chi connectivity index (χ0n) is 10.8. The van der Waals surface area contributed by atoms with Crippen LogP contribution in [0.15, 0.2) is 0 Å². The summed E-state index contributed by atoms with van der Waals surface area (Å²) in [5.41, 5.74) is 5.58. The summed E-state index contributed by atoms with van der Waals surface area (Å²) in [5, 5.41) is 9.34. The highest BCUT2D eigenvalue weighted by Crippen LogP contribution is 2.10. The summed E-state index contributed by atoms with van der Waals surface area (Å²) in [4.78, 5) is 15.7. The van der Waals surface area contributed by atoms with Crippen molar-refractivity contribution in [3.8, 4) is 0 Å². The lowest BCUT2D eigenvalue weighted by atomic mass is 10.1. The van der Waals surface area contributed by atoms with Crippen molar-refractivity contribution in [3.63, 3.8) is 0 Å². The molecule has 1 saturated heterocycles. The molecular weight excluding hydrogens is 242 g/mol. The Labute approximate surface area is 109 Å². The highest BCUT2D eigenvalue weighted by atomic mass is 35.5. The number of hydrogen-bond acceptors (Lipinski definition) is 4. The molecule has 0 bridgehead atoms. The van der Waals surface area contributed by atoms with Crippen LogP contribution in [0.25, 0.3) is 0 Å². The summed E-state index contributed by atoms with van der Waals surface area (Å²) < 4.78 is 0. The van der Waals surface area contributed by atoms with E-state index in [2.05, 4.69) is 11.8 Å². The Bertz CT molecular complexity index is 249. The molecule has 6 heteroatoms. The number of amides is 1. The van der Waals surface area contributed by atoms with E-state index >= 15 is 0 Å². The second-order valence-electron chi connectivity index (χ2n) is 4.77. The van der Waals surface area contributed by atoms with Crippen molar-refractivity contribution in [1.82, 2.24) is 9.80 Å². The third-order valence-electron chi connectivity index (χ3n) is 2.97. The smallest absolute Gasteiger partial charge is 0.239 e. The van der Waals surface area contributed by atoms with Gasteiger partial charge in [0, 0.05) is 32.2 Å². The summed E-state index contributed by atoms with van der Waals surface area (Å²) in [6.45, 7) is 8.46. The lowest BCUT2D eigenvalue weighted by molar-refractivity contribution is -0.135. The number of aliphatic hydroxyl groups is 1. The molecule has 0 aromatic carbocycles. The van der Waals surface area contributed by atoms with Gasteiger partial charge in [-0.2, -0.15) is 0 Å². The first-order valence-electron chi connectivity index (χ1n) is 5.88. The summed E-state index contributed by atoms with van der Waals surface area (Å²) >= 11 is 0. The number of β-amino-alcohol motifs (C(OH)–C–C–N with tert-alkyl or cyclic N) is 1. The lowest BCUT2D eigenvalue weighted by Crippen LogP contribution is -2.57. The molecule has 0 aromatic heterocycles. The fourth-order valence-electron chi connectivity index (χ4n) is 2.09. The number of halogens is 1. The van der Waals surface area contributed by atoms with Gasteiger partial charge in [0.25, 0.3) is 0 Å². The van der Waals surface area contributed by atoms with Crippen molar-refractivity contribution >= 4 is 18.3 Å². The summed E-state index contributed by atoms with van der Waals surface area (Å²) in [5.74, 6) is 0.0172. The van der Waals surface area contributed by atoms with Gasteiger partial charge in [-0.15, -0.1) is 12.4 Å². The van der Waals surface area contributed by atoms with Gasteiger partial charge in [-0.3, -0.25) is 9.69 Å². The Kier molecular flexibility index (Phi) is 7.01. The second kappa shape index (κ2) is 7.16. The van der Waals surface area contributed by atoms with E-state index in [1.807, 2.05) is 4.90 Å². The van der Waals surface area contributed by atoms with E-state index in [4.69, 9.17) is 5.73 Å². The van der Waals surface area contributed by atoms with Crippen LogP contribution >= 0.6 is 12.4 Å². The minimum atomic E-state index is -0.421. The van der Waals surface area contributed by atoms with Gasteiger partial charge in [-0.25, -0.2) is 0 Å². The van der Waals surface area contributed by atoms with Gasteiger partial charge in [-0.1, -0.05) is 0 Å². The third-order valence-corrected chi connectivity index (χ3v) is 2.97. The first-order chi connectivity index (χ1) is 7.41. The van der Waals surface area contributed by atoms with Gasteiger partial charge < -0.3 is 15.7 Å². The lowest BCUT2D eigenvalue weighted by Gasteiger charge is -2.40. The number of carbonyl (C=O) groups excluding carboxylic acids is 1. The van der Waals surface area contributed by atoms with Crippen molar-refractivity contribution < 1.29 is 9.90 Å². The van der Waals surface area contributed by atoms with Crippen LogP contribution in [0.1, 0.15) is 20.8 Å². The van der Waals surface area contributed by atoms with Gasteiger partial charge in [-0.05, 0) is 20.8 Å². The molecule has 0 saturated carbocycles. The number of piperazine rings is 1. The quantitative estimate of drug-likeness (QED) is 0.733. The number of carbonyl (C=O) groups is 1. The van der Waals surface area contributed by atoms with Gasteiger partial charge in [0.05, 0.1) is 12.1 Å². The summed E-state index contributed by atoms with van der Waals surface area (Å²) in [7, 11) is 0. The Morgan fingerprint density at radius 3 is 2.47 bits per heavy atom. The van der Waals surface area contributed by atoms with Crippen LogP contribution in [0.5, 0.6) is 0 Å². The van der Waals surface area contributed by atoms with E-state index in [9.17, 15) is 9.90 Å². The predicted molar refractivity (Wildman–Crippen MR) is 70.2 cm³/mol. The Morgan fingerprint density at radius 1 is 1.47 bits per heavy atom. The van der Waals surface area contributed by atoms with E-state index in [0.717, 1.165) is 6.54 Å². The Morgan fingerprint density at radius 2 is 2.06 bits per heavy atom. The summed E-state index contributed by atoms with van der Waals surface area (Å²) in [6.07, 6.45) is -0.321. The van der Waals surface area contributed by atoms with Crippen LogP contribution in [0.4, 0.5) is 0 Å². The van der Waals surface area contributed by atoms with Crippen molar-refractivity contribution in [2.45, 2.75) is 39.0 Å². The molecule has 0 aliphatic carbocycles. The van der Waals surface area contributed by atoms with Gasteiger partial charge in [0.1, 0.15) is 0 Å². The van der Waals surface area contributed by atoms with E-state index in [1.165, 1.54) is 0 Å². The molecule has 1 aliphatic rings. The van der Waals surface area contributed by atoms with E-state index in [1.54, 1.807) is 13.8 Å². The standard InChI is InChI=1S/C11H23N3O2.ClH/c1-8-6-14(11(16)10(3)12)5-4-13(8)7-9(2)15;/h8-10,15H,4-7,12H2,1-3H3;1H.